The lowest BCUT2D eigenvalue weighted by molar-refractivity contribution is 0.340. The molecule has 0 saturated carbocycles. The van der Waals surface area contributed by atoms with Gasteiger partial charge in [0.2, 0.25) is 5.95 Å². The van der Waals surface area contributed by atoms with Crippen molar-refractivity contribution in [3.63, 3.8) is 0 Å². The predicted octanol–water partition coefficient (Wildman–Crippen LogP) is 5.35. The number of benzene rings is 3. The van der Waals surface area contributed by atoms with Crippen LogP contribution < -0.4 is 15.0 Å². The summed E-state index contributed by atoms with van der Waals surface area (Å²) in [6.45, 7) is 3.27. The van der Waals surface area contributed by atoms with E-state index >= 15 is 0 Å². The van der Waals surface area contributed by atoms with E-state index in [4.69, 9.17) is 9.72 Å². The summed E-state index contributed by atoms with van der Waals surface area (Å²) in [6.07, 6.45) is 1.68. The molecule has 0 unspecified atom stereocenters. The van der Waals surface area contributed by atoms with Gasteiger partial charge < -0.3 is 15.0 Å². The number of hydrogen-bond donors (Lipinski definition) is 1. The van der Waals surface area contributed by atoms with Gasteiger partial charge in [-0.2, -0.15) is 10.1 Å². The molecule has 0 saturated heterocycles. The van der Waals surface area contributed by atoms with E-state index in [0.29, 0.717) is 24.9 Å². The Morgan fingerprint density at radius 3 is 2.27 bits per heavy atom. The largest absolute Gasteiger partial charge is 0.494 e. The lowest BCUT2D eigenvalue weighted by Crippen LogP contribution is -2.18. The summed E-state index contributed by atoms with van der Waals surface area (Å²) in [7, 11) is 0. The smallest absolute Gasteiger partial charge is 0.249 e. The second-order valence-electron chi connectivity index (χ2n) is 6.63. The van der Waals surface area contributed by atoms with Crippen LogP contribution in [-0.2, 0) is 6.54 Å². The van der Waals surface area contributed by atoms with Crippen LogP contribution in [0.5, 0.6) is 5.75 Å². The quantitative estimate of drug-likeness (QED) is 0.432. The van der Waals surface area contributed by atoms with E-state index < -0.39 is 0 Å². The minimum absolute atomic E-state index is 0.436. The van der Waals surface area contributed by atoms with Crippen LogP contribution in [0.4, 0.5) is 23.1 Å². The third-order valence-electron chi connectivity index (χ3n) is 4.50. The van der Waals surface area contributed by atoms with Crippen LogP contribution in [0.3, 0.4) is 0 Å². The molecule has 4 rings (SSSR count). The summed E-state index contributed by atoms with van der Waals surface area (Å²) >= 11 is 0. The molecule has 0 aliphatic heterocycles. The van der Waals surface area contributed by atoms with E-state index in [1.807, 2.05) is 67.6 Å². The Hall–Kier alpha value is -3.93. The summed E-state index contributed by atoms with van der Waals surface area (Å²) in [5, 5.41) is 11.5. The second kappa shape index (κ2) is 9.52. The maximum absolute atomic E-state index is 5.49. The summed E-state index contributed by atoms with van der Waals surface area (Å²) in [4.78, 5) is 6.83. The van der Waals surface area contributed by atoms with Crippen molar-refractivity contribution < 1.29 is 4.74 Å². The molecular formula is C24H23N5O. The Morgan fingerprint density at radius 1 is 0.867 bits per heavy atom. The maximum Gasteiger partial charge on any atom is 0.249 e. The molecule has 0 aliphatic rings. The first-order valence-electron chi connectivity index (χ1n) is 9.88. The number of para-hydroxylation sites is 1. The third kappa shape index (κ3) is 4.91. The number of nitrogens with one attached hydrogen (secondary N) is 1. The Kier molecular flexibility index (Phi) is 6.15. The highest BCUT2D eigenvalue weighted by molar-refractivity contribution is 5.61. The van der Waals surface area contributed by atoms with Crippen molar-refractivity contribution in [3.05, 3.63) is 96.7 Å². The van der Waals surface area contributed by atoms with E-state index in [2.05, 4.69) is 44.7 Å². The van der Waals surface area contributed by atoms with Gasteiger partial charge in [-0.25, -0.2) is 0 Å². The fraction of sp³-hybridized carbons (Fsp3) is 0.125. The Labute approximate surface area is 176 Å². The van der Waals surface area contributed by atoms with E-state index in [-0.39, 0.29) is 0 Å². The molecule has 1 aromatic heterocycles. The maximum atomic E-state index is 5.49. The Morgan fingerprint density at radius 2 is 1.57 bits per heavy atom. The monoisotopic (exact) mass is 397 g/mol. The van der Waals surface area contributed by atoms with Crippen LogP contribution in [0.1, 0.15) is 12.5 Å². The third-order valence-corrected chi connectivity index (χ3v) is 4.50. The molecule has 6 heteroatoms. The van der Waals surface area contributed by atoms with Gasteiger partial charge in [0.05, 0.1) is 12.8 Å². The molecule has 6 nitrogen and oxygen atoms in total. The van der Waals surface area contributed by atoms with Gasteiger partial charge in [0.1, 0.15) is 5.75 Å². The zero-order valence-electron chi connectivity index (χ0n) is 16.8. The lowest BCUT2D eigenvalue weighted by atomic mass is 10.2. The van der Waals surface area contributed by atoms with E-state index in [1.165, 1.54) is 5.56 Å². The molecule has 0 amide bonds. The Bertz CT molecular complexity index is 1060. The molecular weight excluding hydrogens is 374 g/mol. The molecule has 3 aromatic carbocycles. The first-order chi connectivity index (χ1) is 14.8. The molecule has 1 heterocycles. The molecule has 0 radical (unpaired) electrons. The Balaban J connectivity index is 1.60. The van der Waals surface area contributed by atoms with Gasteiger partial charge in [0.15, 0.2) is 5.82 Å². The van der Waals surface area contributed by atoms with Crippen LogP contribution in [0, 0.1) is 0 Å². The minimum Gasteiger partial charge on any atom is -0.494 e. The molecule has 0 atom stereocenters. The highest BCUT2D eigenvalue weighted by atomic mass is 16.5. The molecule has 150 valence electrons. The van der Waals surface area contributed by atoms with Crippen molar-refractivity contribution >= 4 is 23.1 Å². The highest BCUT2D eigenvalue weighted by Gasteiger charge is 2.13. The highest BCUT2D eigenvalue weighted by Crippen LogP contribution is 2.26. The number of hydrogen-bond acceptors (Lipinski definition) is 6. The minimum atomic E-state index is 0.436. The first-order valence-corrected chi connectivity index (χ1v) is 9.88. The SMILES string of the molecule is CCOc1ccc(Nc2nncc(N(Cc3ccccc3)c3ccccc3)n2)cc1. The van der Waals surface area contributed by atoms with Gasteiger partial charge in [-0.15, -0.1) is 5.10 Å². The van der Waals surface area contributed by atoms with E-state index in [0.717, 1.165) is 17.1 Å². The van der Waals surface area contributed by atoms with Crippen molar-refractivity contribution in [2.75, 3.05) is 16.8 Å². The molecule has 0 bridgehead atoms. The van der Waals surface area contributed by atoms with Gasteiger partial charge in [-0.1, -0.05) is 48.5 Å². The summed E-state index contributed by atoms with van der Waals surface area (Å²) < 4.78 is 5.49. The molecule has 30 heavy (non-hydrogen) atoms. The van der Waals surface area contributed by atoms with Gasteiger partial charge in [0, 0.05) is 17.9 Å². The summed E-state index contributed by atoms with van der Waals surface area (Å²) in [5.41, 5.74) is 3.08. The number of anilines is 4. The average Bonchev–Trinajstić information content (AvgIpc) is 2.80. The molecule has 4 aromatic rings. The summed E-state index contributed by atoms with van der Waals surface area (Å²) in [6, 6.07) is 28.1. The van der Waals surface area contributed by atoms with Gasteiger partial charge in [-0.3, -0.25) is 0 Å². The zero-order valence-corrected chi connectivity index (χ0v) is 16.8. The second-order valence-corrected chi connectivity index (χ2v) is 6.63. The summed E-state index contributed by atoms with van der Waals surface area (Å²) in [5.74, 6) is 1.98. The predicted molar refractivity (Wildman–Crippen MR) is 119 cm³/mol. The average molecular weight is 397 g/mol. The first kappa shape index (κ1) is 19.4. The van der Waals surface area contributed by atoms with Gasteiger partial charge >= 0.3 is 0 Å². The number of ether oxygens (including phenoxy) is 1. The van der Waals surface area contributed by atoms with Crippen molar-refractivity contribution in [1.29, 1.82) is 0 Å². The molecule has 0 aliphatic carbocycles. The number of rotatable bonds is 8. The van der Waals surface area contributed by atoms with Gasteiger partial charge in [0.25, 0.3) is 0 Å². The van der Waals surface area contributed by atoms with Crippen molar-refractivity contribution in [2.24, 2.45) is 0 Å². The number of aromatic nitrogens is 3. The van der Waals surface area contributed by atoms with Crippen molar-refractivity contribution in [3.8, 4) is 5.75 Å². The molecule has 1 N–H and O–H groups in total. The topological polar surface area (TPSA) is 63.2 Å². The van der Waals surface area contributed by atoms with Crippen LogP contribution in [0.2, 0.25) is 0 Å². The van der Waals surface area contributed by atoms with Gasteiger partial charge in [-0.05, 0) is 48.9 Å². The lowest BCUT2D eigenvalue weighted by Gasteiger charge is -2.24. The zero-order chi connectivity index (χ0) is 20.6. The van der Waals surface area contributed by atoms with Crippen LogP contribution in [0.25, 0.3) is 0 Å². The fourth-order valence-corrected chi connectivity index (χ4v) is 3.09. The van der Waals surface area contributed by atoms with E-state index in [9.17, 15) is 0 Å². The molecule has 0 fully saturated rings. The van der Waals surface area contributed by atoms with E-state index in [1.54, 1.807) is 6.20 Å². The van der Waals surface area contributed by atoms with Crippen molar-refractivity contribution in [2.45, 2.75) is 13.5 Å². The normalized spacial score (nSPS) is 10.4. The number of nitrogens with zero attached hydrogens (tertiary/aromatic N) is 4. The van der Waals surface area contributed by atoms with Crippen LogP contribution in [0.15, 0.2) is 91.1 Å². The van der Waals surface area contributed by atoms with Crippen LogP contribution in [-0.4, -0.2) is 21.8 Å². The molecule has 0 spiro atoms. The van der Waals surface area contributed by atoms with Crippen molar-refractivity contribution in [1.82, 2.24) is 15.2 Å². The standard InChI is InChI=1S/C24H23N5O/c1-2-30-22-15-13-20(14-16-22)26-24-27-23(17-25-28-24)29(21-11-7-4-8-12-21)18-19-9-5-3-6-10-19/h3-17H,2,18H2,1H3,(H,26,27,28). The van der Waals surface area contributed by atoms with Crippen LogP contribution >= 0.6 is 0 Å². The fourth-order valence-electron chi connectivity index (χ4n) is 3.09.